The number of carbonyl (C=O) groups excluding carboxylic acids is 1. The van der Waals surface area contributed by atoms with E-state index in [0.29, 0.717) is 10.3 Å². The fraction of sp³-hybridized carbons (Fsp3) is 0.133. The second-order valence-corrected chi connectivity index (χ2v) is 7.11. The summed E-state index contributed by atoms with van der Waals surface area (Å²) in [6.07, 6.45) is 0. The average Bonchev–Trinajstić information content (AvgIpc) is 2.87. The van der Waals surface area contributed by atoms with E-state index < -0.39 is 0 Å². The molecule has 0 saturated carbocycles. The van der Waals surface area contributed by atoms with Crippen LogP contribution < -0.4 is 5.32 Å². The molecule has 0 saturated heterocycles. The number of halogens is 1. The van der Waals surface area contributed by atoms with Crippen molar-refractivity contribution in [1.29, 1.82) is 0 Å². The number of thioether (sulfide) groups is 1. The molecule has 22 heavy (non-hydrogen) atoms. The van der Waals surface area contributed by atoms with Crippen LogP contribution in [-0.2, 0) is 4.79 Å². The number of hydrogen-bond donors (Lipinski definition) is 1. The molecule has 0 radical (unpaired) electrons. The first-order valence-corrected chi connectivity index (χ1v) is 8.71. The molecular formula is C15H12ClN3OS2. The molecule has 112 valence electrons. The molecule has 0 bridgehead atoms. The van der Waals surface area contributed by atoms with E-state index in [1.54, 1.807) is 11.3 Å². The van der Waals surface area contributed by atoms with Gasteiger partial charge in [0.25, 0.3) is 0 Å². The van der Waals surface area contributed by atoms with E-state index in [9.17, 15) is 4.79 Å². The number of anilines is 1. The first kappa shape index (κ1) is 15.3. The van der Waals surface area contributed by atoms with Crippen molar-refractivity contribution in [2.45, 2.75) is 12.1 Å². The topological polar surface area (TPSA) is 54.9 Å². The summed E-state index contributed by atoms with van der Waals surface area (Å²) < 4.78 is 0. The van der Waals surface area contributed by atoms with Crippen molar-refractivity contribution in [3.05, 3.63) is 46.4 Å². The Hall–Kier alpha value is -1.63. The van der Waals surface area contributed by atoms with Crippen molar-refractivity contribution in [2.24, 2.45) is 0 Å². The van der Waals surface area contributed by atoms with E-state index >= 15 is 0 Å². The lowest BCUT2D eigenvalue weighted by molar-refractivity contribution is -0.113. The van der Waals surface area contributed by atoms with Crippen molar-refractivity contribution in [3.63, 3.8) is 0 Å². The third-order valence-corrected chi connectivity index (χ3v) is 4.92. The Morgan fingerprint density at radius 3 is 2.86 bits per heavy atom. The van der Waals surface area contributed by atoms with Crippen molar-refractivity contribution in [1.82, 2.24) is 9.97 Å². The van der Waals surface area contributed by atoms with E-state index in [1.807, 2.05) is 43.3 Å². The van der Waals surface area contributed by atoms with Crippen LogP contribution >= 0.6 is 34.7 Å². The second kappa shape index (κ2) is 6.64. The summed E-state index contributed by atoms with van der Waals surface area (Å²) in [6, 6.07) is 11.3. The normalized spacial score (nSPS) is 10.8. The fourth-order valence-corrected chi connectivity index (χ4v) is 3.81. The predicted molar refractivity (Wildman–Crippen MR) is 93.0 cm³/mol. The predicted octanol–water partition coefficient (Wildman–Crippen LogP) is 4.38. The molecule has 0 spiro atoms. The molecule has 0 unspecified atom stereocenters. The molecule has 0 aliphatic heterocycles. The van der Waals surface area contributed by atoms with Gasteiger partial charge in [-0.1, -0.05) is 41.6 Å². The Kier molecular flexibility index (Phi) is 4.61. The summed E-state index contributed by atoms with van der Waals surface area (Å²) in [5, 5.41) is 4.63. The maximum Gasteiger partial charge on any atom is 0.234 e. The maximum absolute atomic E-state index is 11.9. The van der Waals surface area contributed by atoms with Gasteiger partial charge in [0.05, 0.1) is 5.75 Å². The SMILES string of the molecule is Cc1cc2c(Cl)nc(SCC(=O)Nc3ccccc3)nc2s1. The molecular weight excluding hydrogens is 338 g/mol. The Morgan fingerprint density at radius 1 is 1.32 bits per heavy atom. The van der Waals surface area contributed by atoms with Gasteiger partial charge in [-0.25, -0.2) is 9.97 Å². The zero-order valence-corrected chi connectivity index (χ0v) is 14.1. The Labute approximate surface area is 140 Å². The molecule has 0 atom stereocenters. The van der Waals surface area contributed by atoms with Crippen molar-refractivity contribution in [2.75, 3.05) is 11.1 Å². The third kappa shape index (κ3) is 3.58. The van der Waals surface area contributed by atoms with Crippen LogP contribution in [0.3, 0.4) is 0 Å². The van der Waals surface area contributed by atoms with Crippen LogP contribution in [0.1, 0.15) is 4.88 Å². The summed E-state index contributed by atoms with van der Waals surface area (Å²) in [4.78, 5) is 22.6. The number of benzene rings is 1. The van der Waals surface area contributed by atoms with Crippen molar-refractivity contribution in [3.8, 4) is 0 Å². The number of amides is 1. The van der Waals surface area contributed by atoms with Gasteiger partial charge >= 0.3 is 0 Å². The van der Waals surface area contributed by atoms with E-state index in [2.05, 4.69) is 15.3 Å². The van der Waals surface area contributed by atoms with Gasteiger partial charge in [0.1, 0.15) is 9.98 Å². The second-order valence-electron chi connectivity index (χ2n) is 4.58. The van der Waals surface area contributed by atoms with Gasteiger partial charge in [0.15, 0.2) is 5.16 Å². The van der Waals surface area contributed by atoms with E-state index in [0.717, 1.165) is 20.8 Å². The molecule has 7 heteroatoms. The summed E-state index contributed by atoms with van der Waals surface area (Å²) in [5.41, 5.74) is 0.774. The van der Waals surface area contributed by atoms with Crippen LogP contribution in [0, 0.1) is 6.92 Å². The van der Waals surface area contributed by atoms with Crippen molar-refractivity contribution >= 4 is 56.5 Å². The summed E-state index contributed by atoms with van der Waals surface area (Å²) in [6.45, 7) is 2.00. The molecule has 1 N–H and O–H groups in total. The van der Waals surface area contributed by atoms with Gasteiger partial charge in [-0.3, -0.25) is 4.79 Å². The Balaban J connectivity index is 1.67. The number of para-hydroxylation sites is 1. The summed E-state index contributed by atoms with van der Waals surface area (Å²) >= 11 is 9.00. The minimum absolute atomic E-state index is 0.0987. The third-order valence-electron chi connectivity index (χ3n) is 2.84. The van der Waals surface area contributed by atoms with E-state index in [4.69, 9.17) is 11.6 Å². The first-order valence-electron chi connectivity index (χ1n) is 6.53. The van der Waals surface area contributed by atoms with E-state index in [-0.39, 0.29) is 11.7 Å². The molecule has 0 fully saturated rings. The number of nitrogens with one attached hydrogen (secondary N) is 1. The van der Waals surface area contributed by atoms with Gasteiger partial charge in [-0.05, 0) is 25.1 Å². The summed E-state index contributed by atoms with van der Waals surface area (Å²) in [7, 11) is 0. The van der Waals surface area contributed by atoms with Crippen LogP contribution in [0.25, 0.3) is 10.2 Å². The fourth-order valence-electron chi connectivity index (χ4n) is 1.90. The van der Waals surface area contributed by atoms with Gasteiger partial charge in [-0.15, -0.1) is 11.3 Å². The molecule has 3 rings (SSSR count). The highest BCUT2D eigenvalue weighted by Gasteiger charge is 2.11. The molecule has 1 amide bonds. The number of thiophene rings is 1. The lowest BCUT2D eigenvalue weighted by Crippen LogP contribution is -2.14. The molecule has 0 aliphatic rings. The summed E-state index contributed by atoms with van der Waals surface area (Å²) in [5.74, 6) is 0.138. The van der Waals surface area contributed by atoms with Crippen LogP contribution in [0.5, 0.6) is 0 Å². The highest BCUT2D eigenvalue weighted by Crippen LogP contribution is 2.30. The number of aryl methyl sites for hydroxylation is 1. The highest BCUT2D eigenvalue weighted by molar-refractivity contribution is 7.99. The number of fused-ring (bicyclic) bond motifs is 1. The minimum Gasteiger partial charge on any atom is -0.325 e. The molecule has 4 nitrogen and oxygen atoms in total. The Bertz CT molecular complexity index is 820. The zero-order valence-electron chi connectivity index (χ0n) is 11.7. The van der Waals surface area contributed by atoms with Gasteiger partial charge in [-0.2, -0.15) is 0 Å². The van der Waals surface area contributed by atoms with Crippen LogP contribution in [0.4, 0.5) is 5.69 Å². The smallest absolute Gasteiger partial charge is 0.234 e. The minimum atomic E-state index is -0.0987. The number of hydrogen-bond acceptors (Lipinski definition) is 5. The quantitative estimate of drug-likeness (QED) is 0.431. The lowest BCUT2D eigenvalue weighted by Gasteiger charge is -2.04. The van der Waals surface area contributed by atoms with Crippen LogP contribution in [0.15, 0.2) is 41.6 Å². The van der Waals surface area contributed by atoms with Crippen LogP contribution in [0.2, 0.25) is 5.15 Å². The largest absolute Gasteiger partial charge is 0.325 e. The standard InChI is InChI=1S/C15H12ClN3OS2/c1-9-7-11-13(16)18-15(19-14(11)22-9)21-8-12(20)17-10-5-3-2-4-6-10/h2-7H,8H2,1H3,(H,17,20). The highest BCUT2D eigenvalue weighted by atomic mass is 35.5. The molecule has 1 aromatic carbocycles. The molecule has 2 heterocycles. The number of nitrogens with zero attached hydrogens (tertiary/aromatic N) is 2. The van der Waals surface area contributed by atoms with E-state index in [1.165, 1.54) is 11.8 Å². The zero-order chi connectivity index (χ0) is 15.5. The monoisotopic (exact) mass is 349 g/mol. The lowest BCUT2D eigenvalue weighted by atomic mass is 10.3. The molecule has 3 aromatic rings. The molecule has 2 aromatic heterocycles. The maximum atomic E-state index is 11.9. The van der Waals surface area contributed by atoms with Crippen molar-refractivity contribution < 1.29 is 4.79 Å². The average molecular weight is 350 g/mol. The van der Waals surface area contributed by atoms with Gasteiger partial charge in [0.2, 0.25) is 5.91 Å². The number of carbonyl (C=O) groups is 1. The first-order chi connectivity index (χ1) is 10.6. The molecule has 0 aliphatic carbocycles. The van der Waals surface area contributed by atoms with Gasteiger partial charge in [0, 0.05) is 16.0 Å². The van der Waals surface area contributed by atoms with Crippen LogP contribution in [-0.4, -0.2) is 21.6 Å². The van der Waals surface area contributed by atoms with Gasteiger partial charge < -0.3 is 5.32 Å². The number of aromatic nitrogens is 2. The number of rotatable bonds is 4. The Morgan fingerprint density at radius 2 is 2.09 bits per heavy atom.